The van der Waals surface area contributed by atoms with Crippen molar-refractivity contribution in [3.05, 3.63) is 63.5 Å². The van der Waals surface area contributed by atoms with Gasteiger partial charge in [-0.15, -0.1) is 11.8 Å². The van der Waals surface area contributed by atoms with Crippen LogP contribution in [0.5, 0.6) is 0 Å². The Morgan fingerprint density at radius 3 is 2.34 bits per heavy atom. The molecule has 2 aromatic rings. The third-order valence-electron chi connectivity index (χ3n) is 4.35. The number of carbonyl (C=O) groups excluding carboxylic acids is 3. The fraction of sp³-hybridized carbons (Fsp3) is 0.286. The highest BCUT2D eigenvalue weighted by Gasteiger charge is 2.21. The summed E-state index contributed by atoms with van der Waals surface area (Å²) in [6, 6.07) is 8.07. The summed E-state index contributed by atoms with van der Waals surface area (Å²) in [4.78, 5) is 46.7. The maximum atomic E-state index is 12.9. The van der Waals surface area contributed by atoms with Crippen molar-refractivity contribution in [3.63, 3.8) is 0 Å². The van der Waals surface area contributed by atoms with Gasteiger partial charge in [0.1, 0.15) is 16.8 Å². The summed E-state index contributed by atoms with van der Waals surface area (Å²) >= 11 is 0.999. The second kappa shape index (κ2) is 11.2. The summed E-state index contributed by atoms with van der Waals surface area (Å²) in [7, 11) is 0. The number of thioether (sulfide) groups is 1. The van der Waals surface area contributed by atoms with E-state index in [0.717, 1.165) is 17.3 Å². The van der Waals surface area contributed by atoms with Crippen LogP contribution in [0.15, 0.2) is 36.4 Å². The van der Waals surface area contributed by atoms with Gasteiger partial charge in [-0.1, -0.05) is 0 Å². The van der Waals surface area contributed by atoms with Gasteiger partial charge in [-0.05, 0) is 62.2 Å². The number of nitro groups is 1. The van der Waals surface area contributed by atoms with Crippen molar-refractivity contribution in [1.82, 2.24) is 0 Å². The largest absolute Gasteiger partial charge is 0.455 e. The van der Waals surface area contributed by atoms with Gasteiger partial charge < -0.3 is 15.4 Å². The third-order valence-corrected chi connectivity index (χ3v) is 5.47. The minimum absolute atomic E-state index is 0.0130. The molecule has 0 saturated heterocycles. The van der Waals surface area contributed by atoms with Crippen LogP contribution in [0.2, 0.25) is 0 Å². The molecule has 2 aromatic carbocycles. The zero-order chi connectivity index (χ0) is 23.8. The van der Waals surface area contributed by atoms with Gasteiger partial charge in [0, 0.05) is 11.8 Å². The minimum atomic E-state index is -0.738. The first kappa shape index (κ1) is 24.8. The van der Waals surface area contributed by atoms with Crippen molar-refractivity contribution in [2.24, 2.45) is 0 Å². The molecule has 2 rings (SSSR count). The summed E-state index contributed by atoms with van der Waals surface area (Å²) < 4.78 is 17.8. The lowest BCUT2D eigenvalue weighted by atomic mass is 10.1. The van der Waals surface area contributed by atoms with E-state index in [-0.39, 0.29) is 23.0 Å². The van der Waals surface area contributed by atoms with E-state index in [9.17, 15) is 28.9 Å². The van der Waals surface area contributed by atoms with Gasteiger partial charge in [-0.25, -0.2) is 4.39 Å². The number of nitrogens with one attached hydrogen (secondary N) is 2. The van der Waals surface area contributed by atoms with Gasteiger partial charge in [0.2, 0.25) is 5.91 Å². The van der Waals surface area contributed by atoms with Crippen LogP contribution in [0.4, 0.5) is 21.5 Å². The molecule has 9 nitrogen and oxygen atoms in total. The normalized spacial score (nSPS) is 11.4. The van der Waals surface area contributed by atoms with Crippen LogP contribution < -0.4 is 10.6 Å². The van der Waals surface area contributed by atoms with Crippen molar-refractivity contribution in [2.45, 2.75) is 26.0 Å². The van der Waals surface area contributed by atoms with Gasteiger partial charge in [0.15, 0.2) is 6.61 Å². The number of halogens is 1. The number of esters is 1. The van der Waals surface area contributed by atoms with Crippen molar-refractivity contribution in [3.8, 4) is 0 Å². The van der Waals surface area contributed by atoms with Gasteiger partial charge >= 0.3 is 5.97 Å². The Bertz CT molecular complexity index is 1030. The van der Waals surface area contributed by atoms with Crippen molar-refractivity contribution >= 4 is 46.6 Å². The molecule has 0 aliphatic rings. The second-order valence-corrected chi connectivity index (χ2v) is 8.20. The number of aryl methyl sites for hydroxylation is 2. The Balaban J connectivity index is 1.81. The molecule has 0 bridgehead atoms. The lowest BCUT2D eigenvalue weighted by molar-refractivity contribution is -0.384. The molecule has 2 amide bonds. The fourth-order valence-corrected chi connectivity index (χ4v) is 3.17. The van der Waals surface area contributed by atoms with E-state index >= 15 is 0 Å². The van der Waals surface area contributed by atoms with Gasteiger partial charge in [0.25, 0.3) is 11.6 Å². The number of nitro benzene ring substituents is 1. The maximum Gasteiger partial charge on any atom is 0.319 e. The summed E-state index contributed by atoms with van der Waals surface area (Å²) in [5.41, 5.74) is 1.63. The Kier molecular flexibility index (Phi) is 8.71. The lowest BCUT2D eigenvalue weighted by Crippen LogP contribution is -2.26. The second-order valence-electron chi connectivity index (χ2n) is 6.87. The average molecular weight is 463 g/mol. The van der Waals surface area contributed by atoms with Crippen molar-refractivity contribution in [2.75, 3.05) is 23.0 Å². The molecule has 0 radical (unpaired) electrons. The summed E-state index contributed by atoms with van der Waals surface area (Å²) in [5, 5.41) is 15.4. The number of nitrogens with zero attached hydrogens (tertiary/aromatic N) is 1. The minimum Gasteiger partial charge on any atom is -0.455 e. The predicted octanol–water partition coefficient (Wildman–Crippen LogP) is 3.59. The number of ether oxygens (including phenoxy) is 1. The van der Waals surface area contributed by atoms with Crippen LogP contribution in [0.25, 0.3) is 0 Å². The standard InChI is InChI=1S/C21H22FN3O6S/c1-12-8-17(18(25(29)30)9-13(12)2)24-19(26)10-31-21(28)14(3)32-11-20(27)23-16-6-4-15(22)5-7-16/h4-9,14H,10-11H2,1-3H3,(H,23,27)(H,24,26)/t14-/m0/s1. The zero-order valence-electron chi connectivity index (χ0n) is 17.6. The number of carbonyl (C=O) groups is 3. The molecule has 0 spiro atoms. The number of hydrogen-bond acceptors (Lipinski definition) is 7. The number of anilines is 2. The molecule has 11 heteroatoms. The van der Waals surface area contributed by atoms with Crippen LogP contribution in [0, 0.1) is 29.8 Å². The van der Waals surface area contributed by atoms with Crippen LogP contribution in [-0.4, -0.2) is 40.3 Å². The van der Waals surface area contributed by atoms with E-state index < -0.39 is 34.5 Å². The lowest BCUT2D eigenvalue weighted by Gasteiger charge is -2.12. The van der Waals surface area contributed by atoms with E-state index in [2.05, 4.69) is 10.6 Å². The topological polar surface area (TPSA) is 128 Å². The molecule has 0 unspecified atom stereocenters. The maximum absolute atomic E-state index is 12.9. The quantitative estimate of drug-likeness (QED) is 0.330. The molecule has 170 valence electrons. The Morgan fingerprint density at radius 1 is 1.09 bits per heavy atom. The highest BCUT2D eigenvalue weighted by Crippen LogP contribution is 2.27. The highest BCUT2D eigenvalue weighted by molar-refractivity contribution is 8.01. The first-order valence-electron chi connectivity index (χ1n) is 9.46. The SMILES string of the molecule is Cc1cc(NC(=O)COC(=O)[C@H](C)SCC(=O)Nc2ccc(F)cc2)c([N+](=O)[O-])cc1C. The van der Waals surface area contributed by atoms with E-state index in [1.807, 2.05) is 0 Å². The molecule has 0 aliphatic carbocycles. The van der Waals surface area contributed by atoms with Crippen LogP contribution in [-0.2, 0) is 19.1 Å². The van der Waals surface area contributed by atoms with Crippen LogP contribution in [0.3, 0.4) is 0 Å². The zero-order valence-corrected chi connectivity index (χ0v) is 18.5. The van der Waals surface area contributed by atoms with Gasteiger partial charge in [-0.3, -0.25) is 24.5 Å². The van der Waals surface area contributed by atoms with E-state index in [4.69, 9.17) is 4.74 Å². The highest BCUT2D eigenvalue weighted by atomic mass is 32.2. The molecule has 2 N–H and O–H groups in total. The van der Waals surface area contributed by atoms with Crippen LogP contribution in [0.1, 0.15) is 18.1 Å². The number of hydrogen-bond donors (Lipinski definition) is 2. The number of benzene rings is 2. The van der Waals surface area contributed by atoms with Crippen molar-refractivity contribution < 1.29 is 28.4 Å². The van der Waals surface area contributed by atoms with Crippen molar-refractivity contribution in [1.29, 1.82) is 0 Å². The van der Waals surface area contributed by atoms with E-state index in [1.165, 1.54) is 43.3 Å². The van der Waals surface area contributed by atoms with E-state index in [1.54, 1.807) is 13.8 Å². The molecule has 0 fully saturated rings. The molecule has 0 aliphatic heterocycles. The molecule has 0 aromatic heterocycles. The Labute approximate surface area is 187 Å². The Hall–Kier alpha value is -3.47. The van der Waals surface area contributed by atoms with Gasteiger partial charge in [-0.2, -0.15) is 0 Å². The monoisotopic (exact) mass is 463 g/mol. The molecular weight excluding hydrogens is 441 g/mol. The number of amides is 2. The third kappa shape index (κ3) is 7.34. The predicted molar refractivity (Wildman–Crippen MR) is 119 cm³/mol. The number of rotatable bonds is 9. The fourth-order valence-electron chi connectivity index (χ4n) is 2.49. The summed E-state index contributed by atoms with van der Waals surface area (Å²) in [6.07, 6.45) is 0. The molecule has 0 heterocycles. The summed E-state index contributed by atoms with van der Waals surface area (Å²) in [6.45, 7) is 4.36. The molecular formula is C21H22FN3O6S. The first-order chi connectivity index (χ1) is 15.1. The average Bonchev–Trinajstić information content (AvgIpc) is 2.74. The first-order valence-corrected chi connectivity index (χ1v) is 10.5. The molecule has 1 atom stereocenters. The Morgan fingerprint density at radius 2 is 1.72 bits per heavy atom. The molecule has 0 saturated carbocycles. The van der Waals surface area contributed by atoms with Crippen LogP contribution >= 0.6 is 11.8 Å². The molecule has 32 heavy (non-hydrogen) atoms. The summed E-state index contributed by atoms with van der Waals surface area (Å²) in [5.74, 6) is -2.31. The van der Waals surface area contributed by atoms with Gasteiger partial charge in [0.05, 0.1) is 10.7 Å². The smallest absolute Gasteiger partial charge is 0.319 e. The van der Waals surface area contributed by atoms with E-state index in [0.29, 0.717) is 11.3 Å².